The van der Waals surface area contributed by atoms with E-state index >= 15 is 0 Å². The van der Waals surface area contributed by atoms with Crippen LogP contribution >= 0.6 is 0 Å². The van der Waals surface area contributed by atoms with Crippen LogP contribution in [0.25, 0.3) is 0 Å². The third kappa shape index (κ3) is 2.16. The molecule has 0 fully saturated rings. The number of aryl methyl sites for hydroxylation is 2. The zero-order valence-corrected chi connectivity index (χ0v) is 9.62. The molecule has 0 aliphatic carbocycles. The van der Waals surface area contributed by atoms with Crippen molar-refractivity contribution in [3.05, 3.63) is 53.6 Å². The minimum atomic E-state index is 0.814. The lowest BCUT2D eigenvalue weighted by Crippen LogP contribution is -1.97. The van der Waals surface area contributed by atoms with Gasteiger partial charge in [-0.3, -0.25) is 0 Å². The van der Waals surface area contributed by atoms with E-state index in [1.165, 1.54) is 11.1 Å². The van der Waals surface area contributed by atoms with Crippen LogP contribution in [0.15, 0.2) is 42.5 Å². The zero-order valence-electron chi connectivity index (χ0n) is 9.62. The summed E-state index contributed by atoms with van der Waals surface area (Å²) in [7, 11) is 0. The molecule has 0 atom stereocenters. The van der Waals surface area contributed by atoms with Crippen molar-refractivity contribution < 1.29 is 0 Å². The summed E-state index contributed by atoms with van der Waals surface area (Å²) in [5.41, 5.74) is 11.2. The van der Waals surface area contributed by atoms with Crippen molar-refractivity contribution in [1.82, 2.24) is 0 Å². The summed E-state index contributed by atoms with van der Waals surface area (Å²) in [5.74, 6) is 0. The van der Waals surface area contributed by atoms with Crippen LogP contribution < -0.4 is 11.1 Å². The molecule has 16 heavy (non-hydrogen) atoms. The third-order valence-electron chi connectivity index (χ3n) is 2.60. The van der Waals surface area contributed by atoms with Gasteiger partial charge in [0.1, 0.15) is 0 Å². The second-order valence-corrected chi connectivity index (χ2v) is 4.02. The van der Waals surface area contributed by atoms with Crippen molar-refractivity contribution in [2.75, 3.05) is 11.1 Å². The highest BCUT2D eigenvalue weighted by atomic mass is 14.9. The first-order valence-corrected chi connectivity index (χ1v) is 5.35. The summed E-state index contributed by atoms with van der Waals surface area (Å²) in [6.07, 6.45) is 0. The van der Waals surface area contributed by atoms with Crippen LogP contribution in [0.3, 0.4) is 0 Å². The van der Waals surface area contributed by atoms with Crippen molar-refractivity contribution in [1.29, 1.82) is 0 Å². The van der Waals surface area contributed by atoms with Gasteiger partial charge in [-0.25, -0.2) is 0 Å². The number of anilines is 3. The fourth-order valence-corrected chi connectivity index (χ4v) is 1.86. The molecule has 0 amide bonds. The highest BCUT2D eigenvalue weighted by molar-refractivity contribution is 5.69. The molecule has 2 nitrogen and oxygen atoms in total. The van der Waals surface area contributed by atoms with Gasteiger partial charge in [-0.15, -0.1) is 0 Å². The Hall–Kier alpha value is -1.96. The smallest absolute Gasteiger partial charge is 0.0445 e. The quantitative estimate of drug-likeness (QED) is 0.746. The monoisotopic (exact) mass is 212 g/mol. The van der Waals surface area contributed by atoms with E-state index < -0.39 is 0 Å². The Bertz CT molecular complexity index is 466. The van der Waals surface area contributed by atoms with Crippen LogP contribution in [0, 0.1) is 13.8 Å². The van der Waals surface area contributed by atoms with E-state index in [0.29, 0.717) is 0 Å². The molecule has 0 unspecified atom stereocenters. The molecule has 0 saturated carbocycles. The maximum atomic E-state index is 5.79. The molecule has 0 saturated heterocycles. The third-order valence-corrected chi connectivity index (χ3v) is 2.60. The lowest BCUT2D eigenvalue weighted by molar-refractivity contribution is 1.36. The number of benzene rings is 2. The molecule has 0 bridgehead atoms. The fraction of sp³-hybridized carbons (Fsp3) is 0.143. The molecular formula is C14H16N2. The Kier molecular flexibility index (Phi) is 2.82. The molecule has 3 N–H and O–H groups in total. The van der Waals surface area contributed by atoms with E-state index in [1.807, 2.05) is 30.3 Å². The lowest BCUT2D eigenvalue weighted by atomic mass is 10.1. The topological polar surface area (TPSA) is 38.0 Å². The number of nitrogens with two attached hydrogens (primary N) is 1. The molecule has 2 heteroatoms. The van der Waals surface area contributed by atoms with E-state index in [9.17, 15) is 0 Å². The minimum absolute atomic E-state index is 0.814. The predicted molar refractivity (Wildman–Crippen MR) is 70.1 cm³/mol. The van der Waals surface area contributed by atoms with Gasteiger partial charge in [-0.2, -0.15) is 0 Å². The zero-order chi connectivity index (χ0) is 11.5. The first-order valence-electron chi connectivity index (χ1n) is 5.35. The van der Waals surface area contributed by atoms with Crippen molar-refractivity contribution in [3.8, 4) is 0 Å². The molecule has 2 aromatic rings. The molecule has 2 aromatic carbocycles. The Morgan fingerprint density at radius 2 is 1.50 bits per heavy atom. The van der Waals surface area contributed by atoms with Crippen LogP contribution in [0.2, 0.25) is 0 Å². The van der Waals surface area contributed by atoms with E-state index in [1.54, 1.807) is 0 Å². The van der Waals surface area contributed by atoms with Crippen LogP contribution in [0.5, 0.6) is 0 Å². The fourth-order valence-electron chi connectivity index (χ4n) is 1.86. The number of hydrogen-bond acceptors (Lipinski definition) is 2. The maximum absolute atomic E-state index is 5.79. The number of nitrogen functional groups attached to an aromatic ring is 1. The summed E-state index contributed by atoms with van der Waals surface area (Å²) < 4.78 is 0. The molecule has 2 rings (SSSR count). The maximum Gasteiger partial charge on any atom is 0.0445 e. The minimum Gasteiger partial charge on any atom is -0.399 e. The van der Waals surface area contributed by atoms with Crippen LogP contribution in [0.4, 0.5) is 17.1 Å². The van der Waals surface area contributed by atoms with Gasteiger partial charge in [0.05, 0.1) is 0 Å². The second-order valence-electron chi connectivity index (χ2n) is 4.02. The number of hydrogen-bond donors (Lipinski definition) is 2. The van der Waals surface area contributed by atoms with Gasteiger partial charge in [0, 0.05) is 17.1 Å². The highest BCUT2D eigenvalue weighted by Gasteiger charge is 2.03. The summed E-state index contributed by atoms with van der Waals surface area (Å²) in [6, 6.07) is 14.1. The normalized spacial score (nSPS) is 10.1. The molecule has 0 aromatic heterocycles. The summed E-state index contributed by atoms with van der Waals surface area (Å²) in [6.45, 7) is 4.13. The van der Waals surface area contributed by atoms with Gasteiger partial charge in [-0.05, 0) is 49.2 Å². The van der Waals surface area contributed by atoms with Crippen LogP contribution in [-0.4, -0.2) is 0 Å². The van der Waals surface area contributed by atoms with Crippen LogP contribution in [-0.2, 0) is 0 Å². The average molecular weight is 212 g/mol. The number of para-hydroxylation sites is 1. The standard InChI is InChI=1S/C14H16N2/c1-10-8-12(15)9-11(2)14(10)16-13-6-4-3-5-7-13/h3-9,16H,15H2,1-2H3. The molecular weight excluding hydrogens is 196 g/mol. The van der Waals surface area contributed by atoms with Crippen molar-refractivity contribution in [2.45, 2.75) is 13.8 Å². The van der Waals surface area contributed by atoms with E-state index in [4.69, 9.17) is 5.73 Å². The Morgan fingerprint density at radius 3 is 2.06 bits per heavy atom. The van der Waals surface area contributed by atoms with Gasteiger partial charge in [0.2, 0.25) is 0 Å². The first kappa shape index (κ1) is 10.6. The number of nitrogens with one attached hydrogen (secondary N) is 1. The van der Waals surface area contributed by atoms with E-state index in [-0.39, 0.29) is 0 Å². The van der Waals surface area contributed by atoms with Gasteiger partial charge in [-0.1, -0.05) is 18.2 Å². The molecule has 0 heterocycles. The van der Waals surface area contributed by atoms with Crippen molar-refractivity contribution >= 4 is 17.1 Å². The Morgan fingerprint density at radius 1 is 0.938 bits per heavy atom. The number of rotatable bonds is 2. The lowest BCUT2D eigenvalue weighted by Gasteiger charge is -2.13. The highest BCUT2D eigenvalue weighted by Crippen LogP contribution is 2.26. The first-order chi connectivity index (χ1) is 7.66. The van der Waals surface area contributed by atoms with Crippen molar-refractivity contribution in [2.24, 2.45) is 0 Å². The van der Waals surface area contributed by atoms with Gasteiger partial charge < -0.3 is 11.1 Å². The average Bonchev–Trinajstić information content (AvgIpc) is 2.25. The molecule has 82 valence electrons. The Labute approximate surface area is 96.1 Å². The molecule has 0 radical (unpaired) electrons. The summed E-state index contributed by atoms with van der Waals surface area (Å²) in [5, 5.41) is 3.41. The van der Waals surface area contributed by atoms with Crippen LogP contribution in [0.1, 0.15) is 11.1 Å². The van der Waals surface area contributed by atoms with Crippen molar-refractivity contribution in [3.63, 3.8) is 0 Å². The molecule has 0 aliphatic heterocycles. The summed E-state index contributed by atoms with van der Waals surface area (Å²) in [4.78, 5) is 0. The van der Waals surface area contributed by atoms with Gasteiger partial charge >= 0.3 is 0 Å². The van der Waals surface area contributed by atoms with E-state index in [2.05, 4.69) is 31.3 Å². The van der Waals surface area contributed by atoms with Gasteiger partial charge in [0.15, 0.2) is 0 Å². The molecule has 0 spiro atoms. The van der Waals surface area contributed by atoms with Gasteiger partial charge in [0.25, 0.3) is 0 Å². The largest absolute Gasteiger partial charge is 0.399 e. The van der Waals surface area contributed by atoms with E-state index in [0.717, 1.165) is 17.1 Å². The molecule has 0 aliphatic rings. The summed E-state index contributed by atoms with van der Waals surface area (Å²) >= 11 is 0. The SMILES string of the molecule is Cc1cc(N)cc(C)c1Nc1ccccc1. The Balaban J connectivity index is 2.35. The second kappa shape index (κ2) is 4.27. The predicted octanol–water partition coefficient (Wildman–Crippen LogP) is 3.63.